The zero-order valence-electron chi connectivity index (χ0n) is 10.0. The van der Waals surface area contributed by atoms with Crippen molar-refractivity contribution in [2.75, 3.05) is 7.11 Å². The number of methoxy groups -OCH3 is 1. The molecule has 0 aromatic heterocycles. The third-order valence-corrected chi connectivity index (χ3v) is 2.41. The lowest BCUT2D eigenvalue weighted by molar-refractivity contribution is 0.0559. The quantitative estimate of drug-likeness (QED) is 0.816. The fraction of sp³-hybridized carbons (Fsp3) is 0.417. The molecule has 1 aromatic carbocycles. The Labute approximate surface area is 99.6 Å². The average molecular weight is 240 g/mol. The van der Waals surface area contributed by atoms with Gasteiger partial charge in [-0.15, -0.1) is 0 Å². The molecule has 5 nitrogen and oxygen atoms in total. The van der Waals surface area contributed by atoms with Crippen molar-refractivity contribution in [2.45, 2.75) is 26.1 Å². The summed E-state index contributed by atoms with van der Waals surface area (Å²) in [7, 11) is 1.46. The number of carboxylic acids is 1. The molecule has 0 heterocycles. The van der Waals surface area contributed by atoms with Crippen molar-refractivity contribution < 1.29 is 24.5 Å². The summed E-state index contributed by atoms with van der Waals surface area (Å²) >= 11 is 0. The summed E-state index contributed by atoms with van der Waals surface area (Å²) in [5.74, 6) is -0.442. The van der Waals surface area contributed by atoms with Crippen LogP contribution in [0.4, 0.5) is 0 Å². The number of benzene rings is 1. The van der Waals surface area contributed by atoms with Crippen LogP contribution in [0.1, 0.15) is 24.2 Å². The lowest BCUT2D eigenvalue weighted by atomic mass is 10.2. The molecular formula is C12H16O5. The molecule has 0 saturated heterocycles. The molecule has 0 amide bonds. The maximum Gasteiger partial charge on any atom is 0.339 e. The molecule has 0 spiro atoms. The van der Waals surface area contributed by atoms with Gasteiger partial charge in [0.1, 0.15) is 23.2 Å². The number of aliphatic hydroxyl groups excluding tert-OH is 1. The summed E-state index contributed by atoms with van der Waals surface area (Å²) in [6, 6.07) is 4.50. The molecule has 0 aliphatic rings. The van der Waals surface area contributed by atoms with Crippen LogP contribution < -0.4 is 9.47 Å². The lowest BCUT2D eigenvalue weighted by Gasteiger charge is -2.18. The molecule has 94 valence electrons. The summed E-state index contributed by atoms with van der Waals surface area (Å²) in [5.41, 5.74) is 0.0110. The number of carboxylic acid groups (broad SMARTS) is 1. The first kappa shape index (κ1) is 13.3. The summed E-state index contributed by atoms with van der Waals surface area (Å²) in [4.78, 5) is 11.0. The van der Waals surface area contributed by atoms with Crippen molar-refractivity contribution >= 4 is 5.97 Å². The van der Waals surface area contributed by atoms with Crippen LogP contribution in [-0.4, -0.2) is 35.5 Å². The van der Waals surface area contributed by atoms with E-state index in [1.807, 2.05) is 0 Å². The minimum absolute atomic E-state index is 0.0110. The van der Waals surface area contributed by atoms with Gasteiger partial charge in [-0.1, -0.05) is 0 Å². The number of hydrogen-bond donors (Lipinski definition) is 2. The predicted octanol–water partition coefficient (Wildman–Crippen LogP) is 1.54. The highest BCUT2D eigenvalue weighted by Crippen LogP contribution is 2.25. The van der Waals surface area contributed by atoms with Gasteiger partial charge in [-0.3, -0.25) is 0 Å². The topological polar surface area (TPSA) is 76.0 Å². The van der Waals surface area contributed by atoms with Crippen molar-refractivity contribution in [3.8, 4) is 11.5 Å². The van der Waals surface area contributed by atoms with E-state index in [9.17, 15) is 9.90 Å². The number of ether oxygens (including phenoxy) is 2. The first-order valence-electron chi connectivity index (χ1n) is 5.21. The predicted molar refractivity (Wildman–Crippen MR) is 61.7 cm³/mol. The van der Waals surface area contributed by atoms with Crippen LogP contribution in [0, 0.1) is 0 Å². The van der Waals surface area contributed by atoms with Crippen molar-refractivity contribution in [2.24, 2.45) is 0 Å². The summed E-state index contributed by atoms with van der Waals surface area (Å²) in [6.07, 6.45) is -1.17. The zero-order chi connectivity index (χ0) is 13.0. The first-order valence-corrected chi connectivity index (χ1v) is 5.21. The first-order chi connectivity index (χ1) is 7.95. The van der Waals surface area contributed by atoms with Crippen LogP contribution >= 0.6 is 0 Å². The Hall–Kier alpha value is -1.75. The van der Waals surface area contributed by atoms with E-state index in [2.05, 4.69) is 0 Å². The minimum Gasteiger partial charge on any atom is -0.497 e. The second kappa shape index (κ2) is 5.54. The number of carbonyl (C=O) groups is 1. The highest BCUT2D eigenvalue weighted by molar-refractivity contribution is 5.91. The van der Waals surface area contributed by atoms with E-state index in [4.69, 9.17) is 14.6 Å². The van der Waals surface area contributed by atoms with Gasteiger partial charge >= 0.3 is 5.97 Å². The third-order valence-electron chi connectivity index (χ3n) is 2.41. The highest BCUT2D eigenvalue weighted by atomic mass is 16.5. The number of hydrogen-bond acceptors (Lipinski definition) is 4. The maximum absolute atomic E-state index is 11.0. The Morgan fingerprint density at radius 3 is 2.47 bits per heavy atom. The number of aliphatic hydroxyl groups is 1. The molecule has 0 saturated carbocycles. The van der Waals surface area contributed by atoms with E-state index in [1.54, 1.807) is 19.9 Å². The molecule has 2 N–H and O–H groups in total. The number of aromatic carboxylic acids is 1. The van der Waals surface area contributed by atoms with E-state index < -0.39 is 18.2 Å². The van der Waals surface area contributed by atoms with Gasteiger partial charge < -0.3 is 19.7 Å². The van der Waals surface area contributed by atoms with Gasteiger partial charge in [0.25, 0.3) is 0 Å². The molecule has 0 bridgehead atoms. The van der Waals surface area contributed by atoms with Gasteiger partial charge in [0, 0.05) is 0 Å². The van der Waals surface area contributed by atoms with Crippen LogP contribution in [0.15, 0.2) is 18.2 Å². The van der Waals surface area contributed by atoms with Crippen molar-refractivity contribution in [1.82, 2.24) is 0 Å². The van der Waals surface area contributed by atoms with E-state index in [0.717, 1.165) is 0 Å². The monoisotopic (exact) mass is 240 g/mol. The van der Waals surface area contributed by atoms with E-state index >= 15 is 0 Å². The molecular weight excluding hydrogens is 224 g/mol. The van der Waals surface area contributed by atoms with Gasteiger partial charge in [0.2, 0.25) is 0 Å². The molecule has 2 unspecified atom stereocenters. The van der Waals surface area contributed by atoms with Crippen molar-refractivity contribution in [3.63, 3.8) is 0 Å². The fourth-order valence-electron chi connectivity index (χ4n) is 1.20. The van der Waals surface area contributed by atoms with Gasteiger partial charge in [0.15, 0.2) is 0 Å². The second-order valence-electron chi connectivity index (χ2n) is 3.73. The van der Waals surface area contributed by atoms with Gasteiger partial charge in [-0.25, -0.2) is 4.79 Å². The van der Waals surface area contributed by atoms with Gasteiger partial charge in [-0.2, -0.15) is 0 Å². The Kier molecular flexibility index (Phi) is 4.34. The smallest absolute Gasteiger partial charge is 0.339 e. The van der Waals surface area contributed by atoms with Crippen LogP contribution in [-0.2, 0) is 0 Å². The minimum atomic E-state index is -1.10. The summed E-state index contributed by atoms with van der Waals surface area (Å²) < 4.78 is 10.3. The van der Waals surface area contributed by atoms with E-state index in [0.29, 0.717) is 5.75 Å². The van der Waals surface area contributed by atoms with E-state index in [-0.39, 0.29) is 11.3 Å². The Bertz CT molecular complexity index is 400. The molecule has 1 aromatic rings. The summed E-state index contributed by atoms with van der Waals surface area (Å²) in [6.45, 7) is 3.25. The lowest BCUT2D eigenvalue weighted by Crippen LogP contribution is -2.26. The molecule has 0 aliphatic carbocycles. The van der Waals surface area contributed by atoms with Crippen LogP contribution in [0.5, 0.6) is 11.5 Å². The van der Waals surface area contributed by atoms with Crippen LogP contribution in [0.2, 0.25) is 0 Å². The fourth-order valence-corrected chi connectivity index (χ4v) is 1.20. The summed E-state index contributed by atoms with van der Waals surface area (Å²) in [5, 5.41) is 18.4. The van der Waals surface area contributed by atoms with Crippen LogP contribution in [0.3, 0.4) is 0 Å². The maximum atomic E-state index is 11.0. The standard InChI is InChI=1S/C12H16O5/c1-7(13)8(2)17-11-5-4-9(16-3)6-10(11)12(14)15/h4-8,13H,1-3H3,(H,14,15). The molecule has 2 atom stereocenters. The Morgan fingerprint density at radius 2 is 2.00 bits per heavy atom. The van der Waals surface area contributed by atoms with Crippen molar-refractivity contribution in [1.29, 1.82) is 0 Å². The largest absolute Gasteiger partial charge is 0.497 e. The second-order valence-corrected chi connectivity index (χ2v) is 3.73. The highest BCUT2D eigenvalue weighted by Gasteiger charge is 2.17. The van der Waals surface area contributed by atoms with Gasteiger partial charge in [0.05, 0.1) is 13.2 Å². The third kappa shape index (κ3) is 3.35. The molecule has 0 radical (unpaired) electrons. The zero-order valence-corrected chi connectivity index (χ0v) is 10.0. The average Bonchev–Trinajstić information content (AvgIpc) is 2.29. The van der Waals surface area contributed by atoms with Crippen LogP contribution in [0.25, 0.3) is 0 Å². The van der Waals surface area contributed by atoms with Crippen molar-refractivity contribution in [3.05, 3.63) is 23.8 Å². The van der Waals surface area contributed by atoms with Gasteiger partial charge in [-0.05, 0) is 32.0 Å². The molecule has 17 heavy (non-hydrogen) atoms. The molecule has 0 aliphatic heterocycles. The van der Waals surface area contributed by atoms with E-state index in [1.165, 1.54) is 19.2 Å². The SMILES string of the molecule is COc1ccc(OC(C)C(C)O)c(C(=O)O)c1. The molecule has 0 fully saturated rings. The Balaban J connectivity index is 3.02. The molecule has 1 rings (SSSR count). The number of rotatable bonds is 5. The Morgan fingerprint density at radius 1 is 1.35 bits per heavy atom. The molecule has 5 heteroatoms. The normalized spacial score (nSPS) is 13.9.